The van der Waals surface area contributed by atoms with Gasteiger partial charge in [-0.15, -0.1) is 6.11 Å². The average molecular weight is 76.0 g/mol. The van der Waals surface area contributed by atoms with E-state index in [1.807, 2.05) is 6.92 Å². The van der Waals surface area contributed by atoms with Gasteiger partial charge in [-0.05, 0) is 6.92 Å². The molecule has 0 aliphatic rings. The summed E-state index contributed by atoms with van der Waals surface area (Å²) in [6.45, 7) is 2.35. The summed E-state index contributed by atoms with van der Waals surface area (Å²) in [5.41, 5.74) is 0. The van der Waals surface area contributed by atoms with E-state index in [1.165, 1.54) is 0 Å². The molecule has 0 heterocycles. The maximum atomic E-state index is 6.13. The van der Waals surface area contributed by atoms with Crippen LogP contribution in [0.3, 0.4) is 0 Å². The summed E-state index contributed by atoms with van der Waals surface area (Å²) in [6.07, 6.45) is 7.90. The monoisotopic (exact) mass is 76.1 g/mol. The minimum atomic E-state index is 0. The second-order valence-corrected chi connectivity index (χ2v) is 0.535. The van der Waals surface area contributed by atoms with Crippen LogP contribution < -0.4 is 18.9 Å². The molecular formula is C4H5LiO. The molecule has 0 radical (unpaired) electrons. The van der Waals surface area contributed by atoms with Crippen molar-refractivity contribution in [3.63, 3.8) is 0 Å². The molecular weight excluding hydrogens is 71.0 g/mol. The van der Waals surface area contributed by atoms with Crippen LogP contribution in [0, 0.1) is 12.5 Å². The molecule has 0 spiro atoms. The van der Waals surface area contributed by atoms with Crippen molar-refractivity contribution in [2.24, 2.45) is 0 Å². The summed E-state index contributed by atoms with van der Waals surface area (Å²) in [7, 11) is 0. The fourth-order valence-corrected chi connectivity index (χ4v) is 0.0722. The molecule has 0 aliphatic carbocycles. The topological polar surface area (TPSA) is 9.23 Å². The van der Waals surface area contributed by atoms with Crippen molar-refractivity contribution < 1.29 is 23.6 Å². The second-order valence-electron chi connectivity index (χ2n) is 0.535. The van der Waals surface area contributed by atoms with Gasteiger partial charge in [0, 0.05) is 0 Å². The van der Waals surface area contributed by atoms with Gasteiger partial charge in [0.2, 0.25) is 0 Å². The molecule has 0 aliphatic heterocycles. The minimum Gasteiger partial charge on any atom is -0.648 e. The molecule has 0 unspecified atom stereocenters. The Balaban J connectivity index is 0. The van der Waals surface area contributed by atoms with E-state index in [2.05, 4.69) is 4.74 Å². The first-order valence-electron chi connectivity index (χ1n) is 1.45. The molecule has 0 rings (SSSR count). The Labute approximate surface area is 50.2 Å². The van der Waals surface area contributed by atoms with Gasteiger partial charge >= 0.3 is 18.9 Å². The Kier molecular flexibility index (Phi) is 13.8. The average Bonchev–Trinajstić information content (AvgIpc) is 1.41. The van der Waals surface area contributed by atoms with Crippen LogP contribution in [0.15, 0.2) is 0 Å². The molecule has 0 saturated carbocycles. The van der Waals surface area contributed by atoms with Crippen LogP contribution in [-0.4, -0.2) is 6.61 Å². The van der Waals surface area contributed by atoms with Gasteiger partial charge in [0.05, 0.1) is 6.61 Å². The largest absolute Gasteiger partial charge is 1.00 e. The molecule has 6 heavy (non-hydrogen) atoms. The molecule has 0 N–H and O–H groups in total. The minimum absolute atomic E-state index is 0. The van der Waals surface area contributed by atoms with E-state index in [9.17, 15) is 0 Å². The van der Waals surface area contributed by atoms with Crippen LogP contribution in [0.25, 0.3) is 0 Å². The van der Waals surface area contributed by atoms with E-state index >= 15 is 0 Å². The summed E-state index contributed by atoms with van der Waals surface area (Å²) in [4.78, 5) is 0. The van der Waals surface area contributed by atoms with Gasteiger partial charge in [0.1, 0.15) is 0 Å². The fourth-order valence-electron chi connectivity index (χ4n) is 0.0722. The second kappa shape index (κ2) is 8.88. The first kappa shape index (κ1) is 9.35. The summed E-state index contributed by atoms with van der Waals surface area (Å²) >= 11 is 0. The Morgan fingerprint density at radius 2 is 2.33 bits per heavy atom. The van der Waals surface area contributed by atoms with E-state index in [4.69, 9.17) is 6.42 Å². The van der Waals surface area contributed by atoms with E-state index < -0.39 is 0 Å². The number of ether oxygens (including phenoxy) is 1. The van der Waals surface area contributed by atoms with Crippen molar-refractivity contribution in [2.75, 3.05) is 6.61 Å². The third-order valence-corrected chi connectivity index (χ3v) is 0.217. The van der Waals surface area contributed by atoms with Crippen LogP contribution in [0.5, 0.6) is 0 Å². The molecule has 0 amide bonds. The Bertz CT molecular complexity index is 46.0. The quantitative estimate of drug-likeness (QED) is 0.192. The summed E-state index contributed by atoms with van der Waals surface area (Å²) in [5, 5.41) is 0. The van der Waals surface area contributed by atoms with Crippen LogP contribution in [0.2, 0.25) is 0 Å². The number of hydrogen-bond acceptors (Lipinski definition) is 1. The molecule has 1 nitrogen and oxygen atoms in total. The van der Waals surface area contributed by atoms with Crippen LogP contribution in [0.4, 0.5) is 0 Å². The van der Waals surface area contributed by atoms with Crippen molar-refractivity contribution in [3.8, 4) is 6.11 Å². The third kappa shape index (κ3) is 9.03. The molecule has 28 valence electrons. The Hall–Kier alpha value is -0.0426. The van der Waals surface area contributed by atoms with Crippen molar-refractivity contribution in [2.45, 2.75) is 6.92 Å². The van der Waals surface area contributed by atoms with E-state index in [0.29, 0.717) is 6.61 Å². The predicted octanol–water partition coefficient (Wildman–Crippen LogP) is -2.43. The summed E-state index contributed by atoms with van der Waals surface area (Å²) < 4.78 is 4.25. The standard InChI is InChI=1S/C4H5O.Li/c1-3-5-4-2;/h3H2,1H3;/q-1;+1. The van der Waals surface area contributed by atoms with Crippen molar-refractivity contribution >= 4 is 0 Å². The molecule has 0 aromatic heterocycles. The summed E-state index contributed by atoms with van der Waals surface area (Å²) in [6, 6.07) is 0. The van der Waals surface area contributed by atoms with E-state index in [-0.39, 0.29) is 18.9 Å². The SMILES string of the molecule is [C-]#COCC.[Li+]. The fraction of sp³-hybridized carbons (Fsp3) is 0.500. The first-order chi connectivity index (χ1) is 2.41. The normalized spacial score (nSPS) is 4.67. The Morgan fingerprint density at radius 3 is 2.33 bits per heavy atom. The smallest absolute Gasteiger partial charge is 0.648 e. The number of hydrogen-bond donors (Lipinski definition) is 0. The molecule has 0 aromatic carbocycles. The maximum absolute atomic E-state index is 6.13. The zero-order chi connectivity index (χ0) is 4.12. The molecule has 0 atom stereocenters. The van der Waals surface area contributed by atoms with Crippen molar-refractivity contribution in [1.29, 1.82) is 0 Å². The number of rotatable bonds is 1. The van der Waals surface area contributed by atoms with Gasteiger partial charge in [-0.25, -0.2) is 0 Å². The first-order valence-corrected chi connectivity index (χ1v) is 1.45. The molecule has 0 bridgehead atoms. The molecule has 0 aromatic rings. The molecule has 2 heteroatoms. The van der Waals surface area contributed by atoms with Gasteiger partial charge in [-0.3, -0.25) is 0 Å². The Morgan fingerprint density at radius 1 is 1.83 bits per heavy atom. The van der Waals surface area contributed by atoms with Crippen LogP contribution in [-0.2, 0) is 4.74 Å². The zero-order valence-corrected chi connectivity index (χ0v) is 4.12. The molecule has 0 fully saturated rings. The van der Waals surface area contributed by atoms with Gasteiger partial charge in [0.25, 0.3) is 0 Å². The zero-order valence-electron chi connectivity index (χ0n) is 4.12. The van der Waals surface area contributed by atoms with Crippen molar-refractivity contribution in [1.82, 2.24) is 0 Å². The molecule has 0 saturated heterocycles. The van der Waals surface area contributed by atoms with Gasteiger partial charge in [0.15, 0.2) is 0 Å². The van der Waals surface area contributed by atoms with Gasteiger partial charge < -0.3 is 11.2 Å². The maximum Gasteiger partial charge on any atom is 1.00 e. The van der Waals surface area contributed by atoms with Gasteiger partial charge in [-0.1, -0.05) is 0 Å². The van der Waals surface area contributed by atoms with Crippen LogP contribution in [0.1, 0.15) is 6.92 Å². The van der Waals surface area contributed by atoms with Gasteiger partial charge in [-0.2, -0.15) is 0 Å². The van der Waals surface area contributed by atoms with E-state index in [1.54, 1.807) is 6.11 Å². The van der Waals surface area contributed by atoms with Crippen LogP contribution >= 0.6 is 0 Å². The summed E-state index contributed by atoms with van der Waals surface area (Å²) in [5.74, 6) is 0. The third-order valence-electron chi connectivity index (χ3n) is 0.217. The van der Waals surface area contributed by atoms with Crippen molar-refractivity contribution in [3.05, 3.63) is 6.42 Å². The van der Waals surface area contributed by atoms with E-state index in [0.717, 1.165) is 0 Å². The predicted molar refractivity (Wildman–Crippen MR) is 18.8 cm³/mol.